The summed E-state index contributed by atoms with van der Waals surface area (Å²) in [6, 6.07) is 16.8. The smallest absolute Gasteiger partial charge is 0.325 e. The van der Waals surface area contributed by atoms with Crippen LogP contribution in [-0.4, -0.2) is 34.5 Å². The Kier molecular flexibility index (Phi) is 5.27. The first-order valence-corrected chi connectivity index (χ1v) is 9.76. The number of hydrogen-bond donors (Lipinski definition) is 1. The van der Waals surface area contributed by atoms with Gasteiger partial charge in [-0.3, -0.25) is 9.69 Å². The lowest BCUT2D eigenvalue weighted by molar-refractivity contribution is -0.131. The summed E-state index contributed by atoms with van der Waals surface area (Å²) >= 11 is 0. The molecule has 1 aliphatic heterocycles. The predicted molar refractivity (Wildman–Crippen MR) is 111 cm³/mol. The molecule has 4 rings (SSSR count). The van der Waals surface area contributed by atoms with Crippen LogP contribution in [0.1, 0.15) is 24.8 Å². The van der Waals surface area contributed by atoms with Gasteiger partial charge < -0.3 is 14.5 Å². The molecule has 30 heavy (non-hydrogen) atoms. The molecule has 2 aromatic carbocycles. The number of carbonyl (C=O) groups is 2. The second kappa shape index (κ2) is 8.02. The van der Waals surface area contributed by atoms with Gasteiger partial charge in [0.1, 0.15) is 17.8 Å². The number of nitrogens with one attached hydrogen (secondary N) is 1. The third-order valence-corrected chi connectivity index (χ3v) is 5.32. The van der Waals surface area contributed by atoms with Crippen molar-refractivity contribution in [2.75, 3.05) is 7.11 Å². The molecular formula is C23H23N3O4. The van der Waals surface area contributed by atoms with E-state index in [-0.39, 0.29) is 12.5 Å². The summed E-state index contributed by atoms with van der Waals surface area (Å²) < 4.78 is 10.9. The van der Waals surface area contributed by atoms with Crippen molar-refractivity contribution in [3.63, 3.8) is 0 Å². The van der Waals surface area contributed by atoms with Crippen LogP contribution in [0.4, 0.5) is 4.79 Å². The number of amides is 3. The zero-order chi connectivity index (χ0) is 21.1. The van der Waals surface area contributed by atoms with Crippen molar-refractivity contribution in [3.8, 4) is 17.1 Å². The zero-order valence-electron chi connectivity index (χ0n) is 16.9. The Bertz CT molecular complexity index is 1050. The second-order valence-corrected chi connectivity index (χ2v) is 7.49. The number of benzene rings is 2. The molecule has 0 spiro atoms. The number of methoxy groups -OCH3 is 1. The average Bonchev–Trinajstić information content (AvgIpc) is 3.32. The molecule has 0 radical (unpaired) electrons. The highest BCUT2D eigenvalue weighted by atomic mass is 16.5. The minimum absolute atomic E-state index is 0.00434. The maximum atomic E-state index is 13.0. The third-order valence-electron chi connectivity index (χ3n) is 5.32. The first-order valence-electron chi connectivity index (χ1n) is 9.76. The fourth-order valence-corrected chi connectivity index (χ4v) is 3.50. The highest BCUT2D eigenvalue weighted by Gasteiger charge is 2.47. The Morgan fingerprint density at radius 1 is 1.10 bits per heavy atom. The van der Waals surface area contributed by atoms with E-state index >= 15 is 0 Å². The predicted octanol–water partition coefficient (Wildman–Crippen LogP) is 3.79. The molecule has 1 unspecified atom stereocenters. The van der Waals surface area contributed by atoms with Gasteiger partial charge in [0.15, 0.2) is 5.76 Å². The number of imide groups is 1. The zero-order valence-corrected chi connectivity index (χ0v) is 16.9. The van der Waals surface area contributed by atoms with Gasteiger partial charge in [-0.1, -0.05) is 42.5 Å². The Morgan fingerprint density at radius 2 is 1.83 bits per heavy atom. The minimum atomic E-state index is -0.966. The molecule has 1 fully saturated rings. The molecule has 2 heterocycles. The van der Waals surface area contributed by atoms with Crippen LogP contribution in [0.5, 0.6) is 5.75 Å². The van der Waals surface area contributed by atoms with Crippen molar-refractivity contribution in [2.45, 2.75) is 31.8 Å². The molecule has 7 nitrogen and oxygen atoms in total. The molecule has 1 aromatic heterocycles. The lowest BCUT2D eigenvalue weighted by Gasteiger charge is -2.21. The average molecular weight is 405 g/mol. The number of ether oxygens (including phenoxy) is 1. The second-order valence-electron chi connectivity index (χ2n) is 7.49. The van der Waals surface area contributed by atoms with Gasteiger partial charge in [0, 0.05) is 5.56 Å². The minimum Gasteiger partial charge on any atom is -0.497 e. The number of oxazole rings is 1. The van der Waals surface area contributed by atoms with Gasteiger partial charge >= 0.3 is 6.03 Å². The quantitative estimate of drug-likeness (QED) is 0.605. The summed E-state index contributed by atoms with van der Waals surface area (Å²) in [6.45, 7) is 1.75. The number of nitrogens with zero attached hydrogens (tertiary/aromatic N) is 2. The van der Waals surface area contributed by atoms with E-state index in [1.165, 1.54) is 0 Å². The van der Waals surface area contributed by atoms with Crippen molar-refractivity contribution in [1.29, 1.82) is 0 Å². The van der Waals surface area contributed by atoms with Crippen LogP contribution in [-0.2, 0) is 17.8 Å². The van der Waals surface area contributed by atoms with Crippen LogP contribution in [0.25, 0.3) is 11.3 Å². The van der Waals surface area contributed by atoms with E-state index in [2.05, 4.69) is 10.3 Å². The van der Waals surface area contributed by atoms with Crippen LogP contribution >= 0.6 is 0 Å². The maximum absolute atomic E-state index is 13.0. The van der Waals surface area contributed by atoms with Gasteiger partial charge in [-0.2, -0.15) is 0 Å². The van der Waals surface area contributed by atoms with Gasteiger partial charge in [0.25, 0.3) is 5.91 Å². The van der Waals surface area contributed by atoms with E-state index in [0.29, 0.717) is 24.5 Å². The number of aryl methyl sites for hydroxylation is 1. The summed E-state index contributed by atoms with van der Waals surface area (Å²) in [6.07, 6.45) is 2.74. The third kappa shape index (κ3) is 3.91. The highest BCUT2D eigenvalue weighted by Crippen LogP contribution is 2.26. The molecule has 3 aromatic rings. The van der Waals surface area contributed by atoms with Gasteiger partial charge in [-0.15, -0.1) is 0 Å². The molecule has 1 aliphatic rings. The lowest BCUT2D eigenvalue weighted by Crippen LogP contribution is -2.44. The Balaban J connectivity index is 1.42. The van der Waals surface area contributed by atoms with E-state index in [1.54, 1.807) is 20.2 Å². The molecule has 7 heteroatoms. The van der Waals surface area contributed by atoms with Gasteiger partial charge in [0.2, 0.25) is 5.89 Å². The number of carbonyl (C=O) groups excluding carboxylic acids is 2. The van der Waals surface area contributed by atoms with Crippen LogP contribution in [0.2, 0.25) is 0 Å². The lowest BCUT2D eigenvalue weighted by atomic mass is 9.93. The van der Waals surface area contributed by atoms with Crippen LogP contribution in [0.15, 0.2) is 65.2 Å². The summed E-state index contributed by atoms with van der Waals surface area (Å²) in [5.41, 5.74) is 0.988. The Hall–Kier alpha value is -3.61. The topological polar surface area (TPSA) is 84.7 Å². The van der Waals surface area contributed by atoms with Crippen molar-refractivity contribution in [3.05, 3.63) is 72.2 Å². The van der Waals surface area contributed by atoms with E-state index < -0.39 is 11.6 Å². The van der Waals surface area contributed by atoms with Crippen molar-refractivity contribution >= 4 is 11.9 Å². The Morgan fingerprint density at radius 3 is 2.53 bits per heavy atom. The number of hydrogen-bond acceptors (Lipinski definition) is 5. The number of aromatic nitrogens is 1. The first kappa shape index (κ1) is 19.7. The van der Waals surface area contributed by atoms with Crippen molar-refractivity contribution in [1.82, 2.24) is 15.2 Å². The largest absolute Gasteiger partial charge is 0.497 e. The van der Waals surface area contributed by atoms with E-state index in [0.717, 1.165) is 21.8 Å². The van der Waals surface area contributed by atoms with Crippen molar-refractivity contribution < 1.29 is 18.7 Å². The fraction of sp³-hybridized carbons (Fsp3) is 0.261. The summed E-state index contributed by atoms with van der Waals surface area (Å²) in [5.74, 6) is 1.42. The highest BCUT2D eigenvalue weighted by molar-refractivity contribution is 6.06. The van der Waals surface area contributed by atoms with Crippen LogP contribution in [0.3, 0.4) is 0 Å². The van der Waals surface area contributed by atoms with Gasteiger partial charge in [-0.25, -0.2) is 9.78 Å². The summed E-state index contributed by atoms with van der Waals surface area (Å²) in [7, 11) is 1.62. The summed E-state index contributed by atoms with van der Waals surface area (Å²) in [4.78, 5) is 30.9. The fourth-order valence-electron chi connectivity index (χ4n) is 3.50. The Labute approximate surface area is 174 Å². The number of rotatable bonds is 7. The van der Waals surface area contributed by atoms with Crippen LogP contribution < -0.4 is 10.1 Å². The molecular weight excluding hydrogens is 382 g/mol. The molecule has 1 saturated heterocycles. The van der Waals surface area contributed by atoms with Gasteiger partial charge in [-0.05, 0) is 37.5 Å². The van der Waals surface area contributed by atoms with Crippen LogP contribution in [0, 0.1) is 0 Å². The molecule has 154 valence electrons. The van der Waals surface area contributed by atoms with E-state index in [1.807, 2.05) is 54.6 Å². The normalized spacial score (nSPS) is 18.5. The van der Waals surface area contributed by atoms with Crippen molar-refractivity contribution in [2.24, 2.45) is 0 Å². The molecule has 1 N–H and O–H groups in total. The standard InChI is InChI=1S/C23H23N3O4/c1-23(13-12-16-8-10-18(29-2)11-9-16)21(27)26(22(28)25-23)15-20-24-14-19(30-20)17-6-4-3-5-7-17/h3-11,14H,12-13,15H2,1-2H3,(H,25,28). The monoisotopic (exact) mass is 405 g/mol. The molecule has 0 saturated carbocycles. The summed E-state index contributed by atoms with van der Waals surface area (Å²) in [5, 5.41) is 2.82. The molecule has 0 aliphatic carbocycles. The first-order chi connectivity index (χ1) is 14.5. The number of urea groups is 1. The van der Waals surface area contributed by atoms with E-state index in [4.69, 9.17) is 9.15 Å². The molecule has 0 bridgehead atoms. The maximum Gasteiger partial charge on any atom is 0.325 e. The van der Waals surface area contributed by atoms with Gasteiger partial charge in [0.05, 0.1) is 13.3 Å². The molecule has 1 atom stereocenters. The SMILES string of the molecule is COc1ccc(CCC2(C)NC(=O)N(Cc3ncc(-c4ccccc4)o3)C2=O)cc1. The molecule has 3 amide bonds. The van der Waals surface area contributed by atoms with E-state index in [9.17, 15) is 9.59 Å².